The Balaban J connectivity index is 1.57. The van der Waals surface area contributed by atoms with Gasteiger partial charge in [0, 0.05) is 24.7 Å². The van der Waals surface area contributed by atoms with Gasteiger partial charge in [-0.2, -0.15) is 0 Å². The van der Waals surface area contributed by atoms with E-state index in [-0.39, 0.29) is 16.7 Å². The van der Waals surface area contributed by atoms with Gasteiger partial charge in [-0.05, 0) is 43.2 Å². The lowest BCUT2D eigenvalue weighted by molar-refractivity contribution is 0.0846. The van der Waals surface area contributed by atoms with Crippen LogP contribution in [-0.4, -0.2) is 26.3 Å². The maximum atomic E-state index is 12.7. The number of rotatable bonds is 2. The molecule has 3 N–H and O–H groups in total. The van der Waals surface area contributed by atoms with Crippen molar-refractivity contribution in [1.82, 2.24) is 25.4 Å². The maximum Gasteiger partial charge on any atom is 0.275 e. The predicted octanol–water partition coefficient (Wildman–Crippen LogP) is 0.886. The third kappa shape index (κ3) is 3.66. The highest BCUT2D eigenvalue weighted by Crippen LogP contribution is 2.16. The molecule has 4 rings (SSSR count). The van der Waals surface area contributed by atoms with E-state index in [1.807, 2.05) is 0 Å². The smallest absolute Gasteiger partial charge is 0.275 e. The molecule has 0 saturated carbocycles. The molecule has 0 spiro atoms. The van der Waals surface area contributed by atoms with Crippen LogP contribution in [0.2, 0.25) is 0 Å². The first-order valence-corrected chi connectivity index (χ1v) is 9.36. The van der Waals surface area contributed by atoms with Crippen LogP contribution in [-0.2, 0) is 13.0 Å². The van der Waals surface area contributed by atoms with Gasteiger partial charge in [0.05, 0.1) is 10.9 Å². The van der Waals surface area contributed by atoms with E-state index in [1.165, 1.54) is 30.5 Å². The molecule has 0 aliphatic carbocycles. The van der Waals surface area contributed by atoms with Crippen LogP contribution in [0.15, 0.2) is 46.1 Å². The largest absolute Gasteiger partial charge is 0.328 e. The number of carbonyl (C=O) groups excluding carboxylic acids is 2. The quantitative estimate of drug-likeness (QED) is 0.558. The van der Waals surface area contributed by atoms with Crippen molar-refractivity contribution >= 4 is 22.7 Å². The van der Waals surface area contributed by atoms with Crippen LogP contribution in [0, 0.1) is 0 Å². The highest BCUT2D eigenvalue weighted by molar-refractivity contribution is 6.00. The van der Waals surface area contributed by atoms with Gasteiger partial charge >= 0.3 is 0 Å². The van der Waals surface area contributed by atoms with Crippen molar-refractivity contribution in [2.45, 2.75) is 32.2 Å². The highest BCUT2D eigenvalue weighted by Gasteiger charge is 2.16. The van der Waals surface area contributed by atoms with Gasteiger partial charge < -0.3 is 4.98 Å². The van der Waals surface area contributed by atoms with Gasteiger partial charge in [-0.3, -0.25) is 34.6 Å². The number of fused-ring (bicyclic) bond motifs is 2. The van der Waals surface area contributed by atoms with Crippen LogP contribution in [0.1, 0.15) is 45.8 Å². The summed E-state index contributed by atoms with van der Waals surface area (Å²) in [6, 6.07) is 7.46. The number of carbonyl (C=O) groups is 2. The summed E-state index contributed by atoms with van der Waals surface area (Å²) < 4.78 is 1.71. The zero-order valence-electron chi connectivity index (χ0n) is 15.5. The van der Waals surface area contributed by atoms with Crippen molar-refractivity contribution in [2.24, 2.45) is 0 Å². The number of nitrogens with one attached hydrogen (secondary N) is 3. The van der Waals surface area contributed by atoms with Gasteiger partial charge in [0.15, 0.2) is 0 Å². The van der Waals surface area contributed by atoms with Crippen molar-refractivity contribution in [2.75, 3.05) is 0 Å². The monoisotopic (exact) mass is 393 g/mol. The topological polar surface area (TPSA) is 126 Å². The van der Waals surface area contributed by atoms with Gasteiger partial charge in [0.25, 0.3) is 22.9 Å². The van der Waals surface area contributed by atoms with Crippen molar-refractivity contribution in [3.8, 4) is 0 Å². The summed E-state index contributed by atoms with van der Waals surface area (Å²) in [7, 11) is 0. The van der Waals surface area contributed by atoms with E-state index in [4.69, 9.17) is 0 Å². The third-order valence-corrected chi connectivity index (χ3v) is 4.93. The lowest BCUT2D eigenvalue weighted by atomic mass is 10.1. The minimum absolute atomic E-state index is 0.101. The van der Waals surface area contributed by atoms with Crippen LogP contribution in [0.25, 0.3) is 10.9 Å². The molecule has 1 aromatic carbocycles. The van der Waals surface area contributed by atoms with Crippen LogP contribution in [0.3, 0.4) is 0 Å². The van der Waals surface area contributed by atoms with Crippen LogP contribution >= 0.6 is 0 Å². The van der Waals surface area contributed by atoms with E-state index in [2.05, 4.69) is 20.8 Å². The Kier molecular flexibility index (Phi) is 4.94. The summed E-state index contributed by atoms with van der Waals surface area (Å²) >= 11 is 0. The molecule has 1 aliphatic rings. The van der Waals surface area contributed by atoms with E-state index in [9.17, 15) is 19.2 Å². The second-order valence-electron chi connectivity index (χ2n) is 6.85. The zero-order valence-corrected chi connectivity index (χ0v) is 15.5. The Bertz CT molecular complexity index is 1230. The maximum absolute atomic E-state index is 12.7. The summed E-state index contributed by atoms with van der Waals surface area (Å²) in [5.41, 5.74) is 4.39. The highest BCUT2D eigenvalue weighted by atomic mass is 16.2. The molecule has 2 amide bonds. The number of pyridine rings is 1. The number of hydrazine groups is 1. The Labute approximate surface area is 164 Å². The molecule has 2 aromatic heterocycles. The minimum atomic E-state index is -0.734. The molecule has 0 atom stereocenters. The summed E-state index contributed by atoms with van der Waals surface area (Å²) in [5, 5.41) is 0.451. The fraction of sp³-hybridized carbons (Fsp3) is 0.250. The van der Waals surface area contributed by atoms with Gasteiger partial charge in [-0.25, -0.2) is 4.98 Å². The SMILES string of the molecule is O=C(NNC(=O)c1ccc[nH]c1=O)c1ccc2c(=O)n3c(nc2c1)CCCCC3. The lowest BCUT2D eigenvalue weighted by Crippen LogP contribution is -2.43. The Morgan fingerprint density at radius 3 is 2.69 bits per heavy atom. The van der Waals surface area contributed by atoms with Crippen molar-refractivity contribution in [3.63, 3.8) is 0 Å². The molecule has 0 unspecified atom stereocenters. The van der Waals surface area contributed by atoms with Gasteiger partial charge in [0.1, 0.15) is 11.4 Å². The molecule has 9 nitrogen and oxygen atoms in total. The first-order valence-electron chi connectivity index (χ1n) is 9.36. The van der Waals surface area contributed by atoms with E-state index in [0.717, 1.165) is 31.5 Å². The molecule has 1 aliphatic heterocycles. The molecule has 148 valence electrons. The van der Waals surface area contributed by atoms with Crippen molar-refractivity contribution < 1.29 is 9.59 Å². The molecular weight excluding hydrogens is 374 g/mol. The predicted molar refractivity (Wildman–Crippen MR) is 106 cm³/mol. The van der Waals surface area contributed by atoms with Gasteiger partial charge in [-0.15, -0.1) is 0 Å². The van der Waals surface area contributed by atoms with Crippen LogP contribution in [0.4, 0.5) is 0 Å². The summed E-state index contributed by atoms with van der Waals surface area (Å²) in [4.78, 5) is 55.8. The van der Waals surface area contributed by atoms with E-state index in [1.54, 1.807) is 10.6 Å². The van der Waals surface area contributed by atoms with Crippen LogP contribution in [0.5, 0.6) is 0 Å². The normalized spacial score (nSPS) is 13.4. The lowest BCUT2D eigenvalue weighted by Gasteiger charge is -2.11. The van der Waals surface area contributed by atoms with E-state index in [0.29, 0.717) is 17.4 Å². The average Bonchev–Trinajstić information content (AvgIpc) is 2.97. The summed E-state index contributed by atoms with van der Waals surface area (Å²) in [6.07, 6.45) is 5.11. The average molecular weight is 393 g/mol. The van der Waals surface area contributed by atoms with Gasteiger partial charge in [0.2, 0.25) is 0 Å². The third-order valence-electron chi connectivity index (χ3n) is 4.93. The summed E-state index contributed by atoms with van der Waals surface area (Å²) in [6.45, 7) is 0.657. The van der Waals surface area contributed by atoms with Crippen molar-refractivity contribution in [3.05, 3.63) is 74.2 Å². The second kappa shape index (κ2) is 7.70. The standard InChI is InChI=1S/C20H19N5O4/c26-17(23-24-19(28)14-5-4-9-21-18(14)27)12-7-8-13-15(11-12)22-16-6-2-1-3-10-25(16)20(13)29/h4-5,7-9,11H,1-3,6,10H2,(H,21,27)(H,23,26)(H,24,28). The molecule has 0 saturated heterocycles. The molecule has 0 bridgehead atoms. The number of hydrogen-bond acceptors (Lipinski definition) is 5. The zero-order chi connectivity index (χ0) is 20.4. The fourth-order valence-corrected chi connectivity index (χ4v) is 3.41. The molecule has 3 heterocycles. The number of aryl methyl sites for hydroxylation is 1. The molecule has 0 radical (unpaired) electrons. The fourth-order valence-electron chi connectivity index (χ4n) is 3.41. The number of benzene rings is 1. The van der Waals surface area contributed by atoms with E-state index < -0.39 is 17.4 Å². The molecule has 29 heavy (non-hydrogen) atoms. The number of amides is 2. The minimum Gasteiger partial charge on any atom is -0.328 e. The molecular formula is C20H19N5O4. The Hall–Kier alpha value is -3.75. The molecule has 0 fully saturated rings. The first kappa shape index (κ1) is 18.6. The van der Waals surface area contributed by atoms with Gasteiger partial charge in [-0.1, -0.05) is 6.42 Å². The number of aromatic amines is 1. The molecule has 9 heteroatoms. The number of H-pyrrole nitrogens is 1. The summed E-state index contributed by atoms with van der Waals surface area (Å²) in [5.74, 6) is -0.582. The first-order chi connectivity index (χ1) is 14.0. The number of nitrogens with zero attached hydrogens (tertiary/aromatic N) is 2. The number of aromatic nitrogens is 3. The second-order valence-corrected chi connectivity index (χ2v) is 6.85. The molecule has 3 aromatic rings. The van der Waals surface area contributed by atoms with Crippen LogP contribution < -0.4 is 22.0 Å². The van der Waals surface area contributed by atoms with Crippen molar-refractivity contribution in [1.29, 1.82) is 0 Å². The Morgan fingerprint density at radius 1 is 1.03 bits per heavy atom. The Morgan fingerprint density at radius 2 is 1.86 bits per heavy atom. The van der Waals surface area contributed by atoms with E-state index >= 15 is 0 Å². The number of hydrogen-bond donors (Lipinski definition) is 3.